The molecule has 0 aliphatic carbocycles. The van der Waals surface area contributed by atoms with E-state index in [4.69, 9.17) is 10.5 Å². The van der Waals surface area contributed by atoms with Gasteiger partial charge in [0.1, 0.15) is 6.33 Å². The zero-order valence-corrected chi connectivity index (χ0v) is 17.4. The minimum absolute atomic E-state index is 0.112. The molecule has 2 aromatic heterocycles. The van der Waals surface area contributed by atoms with E-state index in [2.05, 4.69) is 22.1 Å². The zero-order valence-electron chi connectivity index (χ0n) is 16.6. The quantitative estimate of drug-likeness (QED) is 0.641. The van der Waals surface area contributed by atoms with Crippen LogP contribution in [0, 0.1) is 0 Å². The number of morpholine rings is 1. The van der Waals surface area contributed by atoms with Crippen molar-refractivity contribution in [2.45, 2.75) is 6.42 Å². The Morgan fingerprint density at radius 1 is 1.07 bits per heavy atom. The highest BCUT2D eigenvalue weighted by atomic mass is 32.1. The molecule has 8 heteroatoms. The molecule has 2 aliphatic rings. The predicted octanol–water partition coefficient (Wildman–Crippen LogP) is 3.48. The van der Waals surface area contributed by atoms with Crippen LogP contribution in [0.15, 0.2) is 42.7 Å². The number of fused-ring (bicyclic) bond motifs is 1. The Balaban J connectivity index is 1.38. The van der Waals surface area contributed by atoms with Gasteiger partial charge in [0.25, 0.3) is 0 Å². The van der Waals surface area contributed by atoms with E-state index in [0.29, 0.717) is 32.8 Å². The van der Waals surface area contributed by atoms with Gasteiger partial charge in [0.05, 0.1) is 29.1 Å². The molecule has 2 N–H and O–H groups in total. The van der Waals surface area contributed by atoms with E-state index in [1.165, 1.54) is 10.5 Å². The summed E-state index contributed by atoms with van der Waals surface area (Å²) in [6, 6.07) is 10.0. The molecular weight excluding hydrogens is 398 g/mol. The number of rotatable bonds is 2. The molecule has 5 rings (SSSR count). The summed E-state index contributed by atoms with van der Waals surface area (Å²) < 4.78 is 6.42. The number of carbonyl (C=O) groups is 1. The highest BCUT2D eigenvalue weighted by Crippen LogP contribution is 2.37. The monoisotopic (exact) mass is 421 g/mol. The lowest BCUT2D eigenvalue weighted by atomic mass is 10.1. The first-order valence-corrected chi connectivity index (χ1v) is 10.9. The van der Waals surface area contributed by atoms with Gasteiger partial charge in [-0.05, 0) is 30.2 Å². The Morgan fingerprint density at radius 3 is 2.60 bits per heavy atom. The van der Waals surface area contributed by atoms with E-state index in [1.807, 2.05) is 34.1 Å². The number of hydrogen-bond acceptors (Lipinski definition) is 6. The number of nitrogens with zero attached hydrogens (tertiary/aromatic N) is 4. The lowest BCUT2D eigenvalue weighted by Gasteiger charge is -2.34. The fourth-order valence-corrected chi connectivity index (χ4v) is 5.07. The van der Waals surface area contributed by atoms with E-state index in [9.17, 15) is 4.79 Å². The van der Waals surface area contributed by atoms with Gasteiger partial charge in [0.15, 0.2) is 0 Å². The van der Waals surface area contributed by atoms with E-state index >= 15 is 0 Å². The van der Waals surface area contributed by atoms with Crippen molar-refractivity contribution >= 4 is 38.8 Å². The van der Waals surface area contributed by atoms with Crippen LogP contribution in [-0.4, -0.2) is 65.2 Å². The zero-order chi connectivity index (χ0) is 20.5. The fourth-order valence-electron chi connectivity index (χ4n) is 3.88. The normalized spacial score (nSPS) is 17.3. The van der Waals surface area contributed by atoms with Gasteiger partial charge in [-0.3, -0.25) is 0 Å². The van der Waals surface area contributed by atoms with Gasteiger partial charge in [0, 0.05) is 42.3 Å². The standard InChI is InChI=1S/C22H23N5O2S/c23-17-3-1-16(2-4-17)20-21-18(24-14-25-20)13-19(30-21)15-5-7-26(8-6-15)22(28)27-9-11-29-12-10-27/h1-5,13-14H,6-12,23H2. The van der Waals surface area contributed by atoms with Gasteiger partial charge >= 0.3 is 6.03 Å². The number of nitrogen functional groups attached to an aromatic ring is 1. The van der Waals surface area contributed by atoms with Crippen LogP contribution in [0.3, 0.4) is 0 Å². The number of anilines is 1. The van der Waals surface area contributed by atoms with Crippen LogP contribution in [0.4, 0.5) is 10.5 Å². The van der Waals surface area contributed by atoms with Crippen LogP contribution in [0.2, 0.25) is 0 Å². The smallest absolute Gasteiger partial charge is 0.320 e. The van der Waals surface area contributed by atoms with Crippen molar-refractivity contribution in [3.05, 3.63) is 47.6 Å². The van der Waals surface area contributed by atoms with Crippen LogP contribution < -0.4 is 5.73 Å². The van der Waals surface area contributed by atoms with Crippen molar-refractivity contribution in [1.82, 2.24) is 19.8 Å². The Morgan fingerprint density at radius 2 is 1.87 bits per heavy atom. The maximum absolute atomic E-state index is 12.7. The summed E-state index contributed by atoms with van der Waals surface area (Å²) in [6.07, 6.45) is 4.62. The second kappa shape index (κ2) is 8.04. The molecule has 0 spiro atoms. The molecule has 1 saturated heterocycles. The molecular formula is C22H23N5O2S. The van der Waals surface area contributed by atoms with Gasteiger partial charge in [-0.15, -0.1) is 11.3 Å². The van der Waals surface area contributed by atoms with E-state index in [0.717, 1.165) is 40.1 Å². The summed E-state index contributed by atoms with van der Waals surface area (Å²) in [7, 11) is 0. The van der Waals surface area contributed by atoms with Crippen LogP contribution in [0.25, 0.3) is 27.0 Å². The molecule has 1 fully saturated rings. The van der Waals surface area contributed by atoms with Gasteiger partial charge < -0.3 is 20.3 Å². The first kappa shape index (κ1) is 19.0. The third-order valence-electron chi connectivity index (χ3n) is 5.57. The fraction of sp³-hybridized carbons (Fsp3) is 0.318. The minimum Gasteiger partial charge on any atom is -0.399 e. The van der Waals surface area contributed by atoms with Gasteiger partial charge in [-0.1, -0.05) is 18.2 Å². The van der Waals surface area contributed by atoms with Crippen molar-refractivity contribution in [2.24, 2.45) is 0 Å². The van der Waals surface area contributed by atoms with Crippen LogP contribution in [-0.2, 0) is 4.74 Å². The molecule has 0 bridgehead atoms. The highest BCUT2D eigenvalue weighted by molar-refractivity contribution is 7.20. The maximum Gasteiger partial charge on any atom is 0.320 e. The molecule has 7 nitrogen and oxygen atoms in total. The Bertz CT molecular complexity index is 1100. The summed E-state index contributed by atoms with van der Waals surface area (Å²) in [5.74, 6) is 0. The third kappa shape index (κ3) is 3.64. The van der Waals surface area contributed by atoms with Crippen molar-refractivity contribution < 1.29 is 9.53 Å². The largest absolute Gasteiger partial charge is 0.399 e. The topological polar surface area (TPSA) is 84.6 Å². The number of amides is 2. The van der Waals surface area contributed by atoms with Crippen LogP contribution >= 0.6 is 11.3 Å². The molecule has 154 valence electrons. The molecule has 0 saturated carbocycles. The van der Waals surface area contributed by atoms with Gasteiger partial charge in [-0.25, -0.2) is 14.8 Å². The second-order valence-electron chi connectivity index (χ2n) is 7.48. The number of carbonyl (C=O) groups excluding carboxylic acids is 1. The lowest BCUT2D eigenvalue weighted by molar-refractivity contribution is 0.0441. The van der Waals surface area contributed by atoms with Gasteiger partial charge in [0.2, 0.25) is 0 Å². The number of thiophene rings is 1. The summed E-state index contributed by atoms with van der Waals surface area (Å²) in [4.78, 5) is 26.7. The molecule has 1 aromatic carbocycles. The van der Waals surface area contributed by atoms with Gasteiger partial charge in [-0.2, -0.15) is 0 Å². The second-order valence-corrected chi connectivity index (χ2v) is 8.53. The molecule has 30 heavy (non-hydrogen) atoms. The highest BCUT2D eigenvalue weighted by Gasteiger charge is 2.25. The molecule has 0 atom stereocenters. The molecule has 4 heterocycles. The molecule has 2 amide bonds. The number of hydrogen-bond donors (Lipinski definition) is 1. The summed E-state index contributed by atoms with van der Waals surface area (Å²) in [5, 5.41) is 0. The van der Waals surface area contributed by atoms with Crippen molar-refractivity contribution in [3.63, 3.8) is 0 Å². The molecule has 0 unspecified atom stereocenters. The average molecular weight is 422 g/mol. The number of ether oxygens (including phenoxy) is 1. The third-order valence-corrected chi connectivity index (χ3v) is 6.78. The minimum atomic E-state index is 0.112. The van der Waals surface area contributed by atoms with Crippen LogP contribution in [0.5, 0.6) is 0 Å². The van der Waals surface area contributed by atoms with E-state index in [1.54, 1.807) is 17.7 Å². The molecule has 2 aliphatic heterocycles. The molecule has 0 radical (unpaired) electrons. The number of nitrogens with two attached hydrogens (primary N) is 1. The summed E-state index contributed by atoms with van der Waals surface area (Å²) >= 11 is 1.71. The van der Waals surface area contributed by atoms with E-state index in [-0.39, 0.29) is 6.03 Å². The number of benzene rings is 1. The summed E-state index contributed by atoms with van der Waals surface area (Å²) in [6.45, 7) is 3.96. The van der Waals surface area contributed by atoms with Crippen LogP contribution in [0.1, 0.15) is 11.3 Å². The first-order valence-electron chi connectivity index (χ1n) is 10.1. The summed E-state index contributed by atoms with van der Waals surface area (Å²) in [5.41, 5.74) is 10.7. The Kier molecular flexibility index (Phi) is 5.10. The Labute approximate surface area is 178 Å². The maximum atomic E-state index is 12.7. The number of aromatic nitrogens is 2. The van der Waals surface area contributed by atoms with E-state index < -0.39 is 0 Å². The number of urea groups is 1. The van der Waals surface area contributed by atoms with Crippen molar-refractivity contribution in [1.29, 1.82) is 0 Å². The predicted molar refractivity (Wildman–Crippen MR) is 119 cm³/mol. The molecule has 3 aromatic rings. The first-order chi connectivity index (χ1) is 14.7. The van der Waals surface area contributed by atoms with Crippen molar-refractivity contribution in [2.75, 3.05) is 45.1 Å². The van der Waals surface area contributed by atoms with Crippen molar-refractivity contribution in [3.8, 4) is 11.3 Å². The Hall–Kier alpha value is -2.97. The average Bonchev–Trinajstić information content (AvgIpc) is 3.24. The SMILES string of the molecule is Nc1ccc(-c2ncnc3cc(C4=CCN(C(=O)N5CCOCC5)CC4)sc23)cc1. The lowest BCUT2D eigenvalue weighted by Crippen LogP contribution is -2.49.